The summed E-state index contributed by atoms with van der Waals surface area (Å²) in [5.41, 5.74) is 1.76. The van der Waals surface area contributed by atoms with Gasteiger partial charge in [-0.15, -0.1) is 0 Å². The van der Waals surface area contributed by atoms with E-state index in [1.54, 1.807) is 0 Å². The molecule has 144 valence electrons. The third-order valence-electron chi connectivity index (χ3n) is 7.07. The lowest BCUT2D eigenvalue weighted by molar-refractivity contribution is -0.141. The van der Waals surface area contributed by atoms with E-state index in [0.717, 1.165) is 12.8 Å². The molecule has 2 aliphatic rings. The van der Waals surface area contributed by atoms with Crippen LogP contribution >= 0.6 is 0 Å². The number of aliphatic hydroxyl groups excluding tert-OH is 1. The van der Waals surface area contributed by atoms with Gasteiger partial charge >= 0.3 is 5.97 Å². The number of allylic oxidation sites excluding steroid dienone is 1. The summed E-state index contributed by atoms with van der Waals surface area (Å²) >= 11 is 0. The number of hydrogen-bond donors (Lipinski definition) is 1. The zero-order valence-corrected chi connectivity index (χ0v) is 17.1. The average molecular weight is 351 g/mol. The van der Waals surface area contributed by atoms with Gasteiger partial charge in [0.1, 0.15) is 0 Å². The van der Waals surface area contributed by atoms with Crippen LogP contribution in [0, 0.1) is 28.6 Å². The number of carbonyl (C=O) groups is 1. The van der Waals surface area contributed by atoms with Crippen LogP contribution in [0.2, 0.25) is 0 Å². The lowest BCUT2D eigenvalue weighted by Crippen LogP contribution is -2.54. The lowest BCUT2D eigenvalue weighted by Gasteiger charge is -2.58. The Morgan fingerprint density at radius 2 is 2.00 bits per heavy atom. The summed E-state index contributed by atoms with van der Waals surface area (Å²) in [5.74, 6) is 1.26. The van der Waals surface area contributed by atoms with Gasteiger partial charge in [-0.05, 0) is 67.6 Å². The predicted molar refractivity (Wildman–Crippen MR) is 102 cm³/mol. The highest BCUT2D eigenvalue weighted by atomic mass is 16.5. The van der Waals surface area contributed by atoms with Crippen molar-refractivity contribution in [2.75, 3.05) is 6.61 Å². The highest BCUT2D eigenvalue weighted by Crippen LogP contribution is 2.60. The minimum atomic E-state index is -0.307. The molecule has 0 aromatic heterocycles. The van der Waals surface area contributed by atoms with Crippen LogP contribution in [0.25, 0.3) is 0 Å². The van der Waals surface area contributed by atoms with Crippen LogP contribution in [-0.4, -0.2) is 23.8 Å². The van der Waals surface area contributed by atoms with Crippen molar-refractivity contribution >= 4 is 5.97 Å². The second-order valence-electron chi connectivity index (χ2n) is 9.59. The van der Waals surface area contributed by atoms with Gasteiger partial charge in [0.15, 0.2) is 0 Å². The molecule has 0 aromatic carbocycles. The van der Waals surface area contributed by atoms with Gasteiger partial charge in [0.2, 0.25) is 0 Å². The van der Waals surface area contributed by atoms with Gasteiger partial charge in [-0.25, -0.2) is 0 Å². The molecule has 0 radical (unpaired) electrons. The standard InChI is InChI=1S/C22H38O3/c1-15(10-13-25-17(3)23)8-9-18-16(2)14-19(24)20-21(4,5)11-7-12-22(18,20)6/h14-15,18-20,24H,7-13H2,1-6H3/t15-,18-,19+,20-,22+/m0/s1. The van der Waals surface area contributed by atoms with E-state index in [1.165, 1.54) is 38.2 Å². The highest BCUT2D eigenvalue weighted by Gasteiger charge is 2.54. The molecule has 3 nitrogen and oxygen atoms in total. The van der Waals surface area contributed by atoms with Crippen molar-refractivity contribution in [3.05, 3.63) is 11.6 Å². The van der Waals surface area contributed by atoms with Crippen LogP contribution in [0.1, 0.15) is 80.1 Å². The Labute approximate surface area is 154 Å². The van der Waals surface area contributed by atoms with Crippen molar-refractivity contribution < 1.29 is 14.6 Å². The number of carbonyl (C=O) groups excluding carboxylic acids is 1. The number of rotatable bonds is 6. The fourth-order valence-corrected chi connectivity index (χ4v) is 5.93. The van der Waals surface area contributed by atoms with E-state index in [-0.39, 0.29) is 22.9 Å². The van der Waals surface area contributed by atoms with Gasteiger partial charge in [-0.1, -0.05) is 45.8 Å². The molecule has 1 fully saturated rings. The van der Waals surface area contributed by atoms with Crippen LogP contribution < -0.4 is 0 Å². The molecule has 5 atom stereocenters. The van der Waals surface area contributed by atoms with Crippen molar-refractivity contribution in [3.8, 4) is 0 Å². The molecule has 0 spiro atoms. The van der Waals surface area contributed by atoms with Gasteiger partial charge in [-0.3, -0.25) is 4.79 Å². The summed E-state index contributed by atoms with van der Waals surface area (Å²) in [6.45, 7) is 13.6. The minimum absolute atomic E-state index is 0.188. The van der Waals surface area contributed by atoms with Crippen LogP contribution in [-0.2, 0) is 9.53 Å². The van der Waals surface area contributed by atoms with Crippen molar-refractivity contribution in [1.82, 2.24) is 0 Å². The summed E-state index contributed by atoms with van der Waals surface area (Å²) in [4.78, 5) is 10.9. The van der Waals surface area contributed by atoms with Crippen LogP contribution in [0.4, 0.5) is 0 Å². The van der Waals surface area contributed by atoms with E-state index in [2.05, 4.69) is 40.7 Å². The topological polar surface area (TPSA) is 46.5 Å². The quantitative estimate of drug-likeness (QED) is 0.534. The van der Waals surface area contributed by atoms with Gasteiger partial charge in [-0.2, -0.15) is 0 Å². The van der Waals surface area contributed by atoms with Crippen molar-refractivity contribution in [1.29, 1.82) is 0 Å². The van der Waals surface area contributed by atoms with E-state index in [9.17, 15) is 9.90 Å². The molecule has 2 rings (SSSR count). The van der Waals surface area contributed by atoms with Crippen molar-refractivity contribution in [2.45, 2.75) is 86.2 Å². The molecule has 0 saturated heterocycles. The first-order valence-electron chi connectivity index (χ1n) is 10.1. The van der Waals surface area contributed by atoms with E-state index in [0.29, 0.717) is 24.4 Å². The molecule has 25 heavy (non-hydrogen) atoms. The maximum absolute atomic E-state index is 10.9. The molecule has 0 amide bonds. The Morgan fingerprint density at radius 1 is 1.32 bits per heavy atom. The zero-order valence-electron chi connectivity index (χ0n) is 17.1. The number of ether oxygens (including phenoxy) is 1. The molecule has 0 heterocycles. The summed E-state index contributed by atoms with van der Waals surface area (Å²) in [6.07, 6.45) is 8.77. The number of fused-ring (bicyclic) bond motifs is 1. The first-order valence-corrected chi connectivity index (χ1v) is 10.1. The molecule has 0 aliphatic heterocycles. The average Bonchev–Trinajstić information content (AvgIpc) is 2.44. The van der Waals surface area contributed by atoms with E-state index >= 15 is 0 Å². The molecule has 1 N–H and O–H groups in total. The Balaban J connectivity index is 2.06. The third kappa shape index (κ3) is 4.48. The second-order valence-corrected chi connectivity index (χ2v) is 9.59. The highest BCUT2D eigenvalue weighted by molar-refractivity contribution is 5.65. The fraction of sp³-hybridized carbons (Fsp3) is 0.864. The Bertz CT molecular complexity index is 507. The molecule has 0 bridgehead atoms. The van der Waals surface area contributed by atoms with E-state index < -0.39 is 0 Å². The zero-order chi connectivity index (χ0) is 18.8. The van der Waals surface area contributed by atoms with Crippen molar-refractivity contribution in [2.24, 2.45) is 28.6 Å². The van der Waals surface area contributed by atoms with Crippen LogP contribution in [0.15, 0.2) is 11.6 Å². The normalized spacial score (nSPS) is 35.5. The Kier molecular flexibility index (Phi) is 6.40. The fourth-order valence-electron chi connectivity index (χ4n) is 5.93. The van der Waals surface area contributed by atoms with Gasteiger partial charge < -0.3 is 9.84 Å². The maximum Gasteiger partial charge on any atom is 0.302 e. The first kappa shape index (κ1) is 20.5. The van der Waals surface area contributed by atoms with Gasteiger partial charge in [0.05, 0.1) is 12.7 Å². The summed E-state index contributed by atoms with van der Waals surface area (Å²) in [5, 5.41) is 10.8. The maximum atomic E-state index is 10.9. The minimum Gasteiger partial charge on any atom is -0.466 e. The second kappa shape index (κ2) is 7.82. The van der Waals surface area contributed by atoms with Crippen LogP contribution in [0.3, 0.4) is 0 Å². The molecular formula is C22H38O3. The third-order valence-corrected chi connectivity index (χ3v) is 7.07. The Hall–Kier alpha value is -0.830. The van der Waals surface area contributed by atoms with Crippen LogP contribution in [0.5, 0.6) is 0 Å². The predicted octanol–water partition coefficient (Wildman–Crippen LogP) is 5.13. The molecule has 2 aliphatic carbocycles. The van der Waals surface area contributed by atoms with E-state index in [1.807, 2.05) is 0 Å². The molecular weight excluding hydrogens is 312 g/mol. The number of aliphatic hydroxyl groups is 1. The summed E-state index contributed by atoms with van der Waals surface area (Å²) in [6, 6.07) is 0. The van der Waals surface area contributed by atoms with E-state index in [4.69, 9.17) is 4.74 Å². The largest absolute Gasteiger partial charge is 0.466 e. The molecule has 1 saturated carbocycles. The smallest absolute Gasteiger partial charge is 0.302 e. The number of hydrogen-bond acceptors (Lipinski definition) is 3. The summed E-state index contributed by atoms with van der Waals surface area (Å²) < 4.78 is 5.09. The molecule has 0 unspecified atom stereocenters. The number of esters is 1. The molecule has 0 aromatic rings. The first-order chi connectivity index (χ1) is 11.6. The van der Waals surface area contributed by atoms with Crippen molar-refractivity contribution in [3.63, 3.8) is 0 Å². The SMILES string of the molecule is CC(=O)OCC[C@@H](C)CC[C@H]1C(C)=C[C@@H](O)[C@H]2C(C)(C)CCC[C@]12C. The lowest BCUT2D eigenvalue weighted by atomic mass is 9.47. The summed E-state index contributed by atoms with van der Waals surface area (Å²) in [7, 11) is 0. The monoisotopic (exact) mass is 350 g/mol. The molecule has 3 heteroatoms. The Morgan fingerprint density at radius 3 is 2.64 bits per heavy atom. The van der Waals surface area contributed by atoms with Gasteiger partial charge in [0.25, 0.3) is 0 Å². The van der Waals surface area contributed by atoms with Gasteiger partial charge in [0, 0.05) is 6.92 Å².